The van der Waals surface area contributed by atoms with Crippen molar-refractivity contribution in [1.82, 2.24) is 0 Å². The zero-order valence-corrected chi connectivity index (χ0v) is 14.3. The Morgan fingerprint density at radius 1 is 1.08 bits per heavy atom. The van der Waals surface area contributed by atoms with Crippen LogP contribution in [0.1, 0.15) is 35.7 Å². The fourth-order valence-corrected chi connectivity index (χ4v) is 2.82. The summed E-state index contributed by atoms with van der Waals surface area (Å²) in [6.07, 6.45) is 0. The number of ether oxygens (including phenoxy) is 1. The van der Waals surface area contributed by atoms with E-state index < -0.39 is 0 Å². The molecule has 0 saturated carbocycles. The van der Waals surface area contributed by atoms with E-state index >= 15 is 0 Å². The number of carbonyl (C=O) groups excluding carboxylic acids is 1. The third-order valence-corrected chi connectivity index (χ3v) is 4.32. The number of amides is 1. The van der Waals surface area contributed by atoms with Gasteiger partial charge in [0.2, 0.25) is 0 Å². The van der Waals surface area contributed by atoms with Crippen LogP contribution in [0.5, 0.6) is 0 Å². The summed E-state index contributed by atoms with van der Waals surface area (Å²) in [5.41, 5.74) is 3.84. The third-order valence-electron chi connectivity index (χ3n) is 4.32. The molecule has 0 aromatic heterocycles. The van der Waals surface area contributed by atoms with E-state index in [1.165, 1.54) is 5.56 Å². The van der Waals surface area contributed by atoms with E-state index in [9.17, 15) is 4.79 Å². The van der Waals surface area contributed by atoms with Crippen LogP contribution in [-0.4, -0.2) is 32.2 Å². The van der Waals surface area contributed by atoms with Gasteiger partial charge in [0, 0.05) is 30.0 Å². The van der Waals surface area contributed by atoms with E-state index in [0.717, 1.165) is 37.7 Å². The van der Waals surface area contributed by atoms with Crippen molar-refractivity contribution in [3.8, 4) is 0 Å². The first-order valence-corrected chi connectivity index (χ1v) is 8.47. The first-order valence-electron chi connectivity index (χ1n) is 8.47. The van der Waals surface area contributed by atoms with Crippen LogP contribution in [0.4, 0.5) is 11.4 Å². The van der Waals surface area contributed by atoms with Gasteiger partial charge in [-0.2, -0.15) is 0 Å². The molecule has 1 saturated heterocycles. The maximum atomic E-state index is 12.4. The monoisotopic (exact) mass is 324 g/mol. The Balaban J connectivity index is 1.67. The number of rotatable bonds is 4. The second-order valence-electron chi connectivity index (χ2n) is 6.38. The number of hydrogen-bond acceptors (Lipinski definition) is 3. The summed E-state index contributed by atoms with van der Waals surface area (Å²) in [5.74, 6) is 0.335. The second kappa shape index (κ2) is 7.49. The predicted molar refractivity (Wildman–Crippen MR) is 98.0 cm³/mol. The fraction of sp³-hybridized carbons (Fsp3) is 0.350. The van der Waals surface area contributed by atoms with Crippen molar-refractivity contribution in [3.63, 3.8) is 0 Å². The molecule has 0 aliphatic carbocycles. The van der Waals surface area contributed by atoms with Crippen LogP contribution >= 0.6 is 0 Å². The zero-order valence-electron chi connectivity index (χ0n) is 14.3. The minimum Gasteiger partial charge on any atom is -0.378 e. The van der Waals surface area contributed by atoms with Gasteiger partial charge in [-0.05, 0) is 47.9 Å². The average Bonchev–Trinajstić information content (AvgIpc) is 2.63. The molecule has 0 radical (unpaired) electrons. The van der Waals surface area contributed by atoms with E-state index in [-0.39, 0.29) is 5.91 Å². The summed E-state index contributed by atoms with van der Waals surface area (Å²) in [6, 6.07) is 15.8. The summed E-state index contributed by atoms with van der Waals surface area (Å²) in [4.78, 5) is 14.7. The van der Waals surface area contributed by atoms with Crippen molar-refractivity contribution in [1.29, 1.82) is 0 Å². The summed E-state index contributed by atoms with van der Waals surface area (Å²) in [6.45, 7) is 7.61. The van der Waals surface area contributed by atoms with Crippen LogP contribution < -0.4 is 10.2 Å². The zero-order chi connectivity index (χ0) is 16.9. The van der Waals surface area contributed by atoms with Crippen molar-refractivity contribution in [2.45, 2.75) is 19.8 Å². The van der Waals surface area contributed by atoms with Gasteiger partial charge < -0.3 is 15.0 Å². The normalized spacial score (nSPS) is 14.7. The van der Waals surface area contributed by atoms with Crippen LogP contribution in [0.15, 0.2) is 48.5 Å². The summed E-state index contributed by atoms with van der Waals surface area (Å²) < 4.78 is 5.37. The van der Waals surface area contributed by atoms with Crippen LogP contribution in [-0.2, 0) is 4.74 Å². The Kier molecular flexibility index (Phi) is 5.16. The van der Waals surface area contributed by atoms with Gasteiger partial charge in [0.25, 0.3) is 5.91 Å². The molecule has 1 fully saturated rings. The van der Waals surface area contributed by atoms with Gasteiger partial charge in [0.1, 0.15) is 0 Å². The third kappa shape index (κ3) is 3.95. The number of morpholine rings is 1. The summed E-state index contributed by atoms with van der Waals surface area (Å²) in [7, 11) is 0. The maximum absolute atomic E-state index is 12.4. The van der Waals surface area contributed by atoms with Crippen molar-refractivity contribution in [3.05, 3.63) is 59.7 Å². The van der Waals surface area contributed by atoms with E-state index in [0.29, 0.717) is 11.5 Å². The Bertz CT molecular complexity index is 689. The standard InChI is InChI=1S/C20H24N2O2/c1-15(2)16-4-3-5-17(14-16)20(23)21-18-6-8-19(9-7-18)22-10-12-24-13-11-22/h3-9,14-15H,10-13H2,1-2H3,(H,21,23). The molecular formula is C20H24N2O2. The van der Waals surface area contributed by atoms with Gasteiger partial charge in [-0.1, -0.05) is 26.0 Å². The molecule has 1 amide bonds. The Morgan fingerprint density at radius 3 is 2.46 bits per heavy atom. The lowest BCUT2D eigenvalue weighted by Crippen LogP contribution is -2.36. The molecule has 2 aromatic rings. The summed E-state index contributed by atoms with van der Waals surface area (Å²) in [5, 5.41) is 2.97. The first-order chi connectivity index (χ1) is 11.6. The van der Waals surface area contributed by atoms with Gasteiger partial charge in [-0.15, -0.1) is 0 Å². The van der Waals surface area contributed by atoms with Crippen LogP contribution in [0.3, 0.4) is 0 Å². The highest BCUT2D eigenvalue weighted by molar-refractivity contribution is 6.04. The van der Waals surface area contributed by atoms with Gasteiger partial charge >= 0.3 is 0 Å². The molecule has 0 unspecified atom stereocenters. The number of benzene rings is 2. The molecule has 4 nitrogen and oxygen atoms in total. The van der Waals surface area contributed by atoms with Crippen molar-refractivity contribution in [2.24, 2.45) is 0 Å². The Morgan fingerprint density at radius 2 is 1.79 bits per heavy atom. The second-order valence-corrected chi connectivity index (χ2v) is 6.38. The van der Waals surface area contributed by atoms with E-state index in [1.807, 2.05) is 42.5 Å². The van der Waals surface area contributed by atoms with Crippen LogP contribution in [0.2, 0.25) is 0 Å². The van der Waals surface area contributed by atoms with Gasteiger partial charge in [-0.3, -0.25) is 4.79 Å². The molecular weight excluding hydrogens is 300 g/mol. The highest BCUT2D eigenvalue weighted by Gasteiger charge is 2.12. The number of carbonyl (C=O) groups is 1. The smallest absolute Gasteiger partial charge is 0.255 e. The number of nitrogens with one attached hydrogen (secondary N) is 1. The van der Waals surface area contributed by atoms with Crippen molar-refractivity contribution < 1.29 is 9.53 Å². The van der Waals surface area contributed by atoms with Gasteiger partial charge in [0.05, 0.1) is 13.2 Å². The van der Waals surface area contributed by atoms with E-state index in [1.54, 1.807) is 0 Å². The molecule has 1 N–H and O–H groups in total. The molecule has 24 heavy (non-hydrogen) atoms. The molecule has 0 spiro atoms. The van der Waals surface area contributed by atoms with E-state index in [4.69, 9.17) is 4.74 Å². The summed E-state index contributed by atoms with van der Waals surface area (Å²) >= 11 is 0. The molecule has 1 aliphatic rings. The van der Waals surface area contributed by atoms with Gasteiger partial charge in [-0.25, -0.2) is 0 Å². The molecule has 1 heterocycles. The SMILES string of the molecule is CC(C)c1cccc(C(=O)Nc2ccc(N3CCOCC3)cc2)c1. The highest BCUT2D eigenvalue weighted by atomic mass is 16.5. The molecule has 3 rings (SSSR count). The number of nitrogens with zero attached hydrogens (tertiary/aromatic N) is 1. The van der Waals surface area contributed by atoms with E-state index in [2.05, 4.69) is 30.1 Å². The lowest BCUT2D eigenvalue weighted by molar-refractivity contribution is 0.102. The minimum atomic E-state index is -0.0726. The molecule has 0 atom stereocenters. The average molecular weight is 324 g/mol. The maximum Gasteiger partial charge on any atom is 0.255 e. The van der Waals surface area contributed by atoms with Crippen LogP contribution in [0.25, 0.3) is 0 Å². The minimum absolute atomic E-state index is 0.0726. The Hall–Kier alpha value is -2.33. The lowest BCUT2D eigenvalue weighted by Gasteiger charge is -2.28. The molecule has 1 aliphatic heterocycles. The fourth-order valence-electron chi connectivity index (χ4n) is 2.82. The number of anilines is 2. The largest absolute Gasteiger partial charge is 0.378 e. The lowest BCUT2D eigenvalue weighted by atomic mass is 10.0. The molecule has 126 valence electrons. The van der Waals surface area contributed by atoms with Gasteiger partial charge in [0.15, 0.2) is 0 Å². The van der Waals surface area contributed by atoms with Crippen LogP contribution in [0, 0.1) is 0 Å². The highest BCUT2D eigenvalue weighted by Crippen LogP contribution is 2.20. The Labute approximate surface area is 143 Å². The predicted octanol–water partition coefficient (Wildman–Crippen LogP) is 3.90. The molecule has 2 aromatic carbocycles. The first kappa shape index (κ1) is 16.5. The number of hydrogen-bond donors (Lipinski definition) is 1. The van der Waals surface area contributed by atoms with Crippen molar-refractivity contribution in [2.75, 3.05) is 36.5 Å². The topological polar surface area (TPSA) is 41.6 Å². The quantitative estimate of drug-likeness (QED) is 0.927. The molecule has 0 bridgehead atoms. The van der Waals surface area contributed by atoms with Crippen molar-refractivity contribution >= 4 is 17.3 Å². The molecule has 4 heteroatoms.